The quantitative estimate of drug-likeness (QED) is 0.748. The summed E-state index contributed by atoms with van der Waals surface area (Å²) in [7, 11) is 1.82. The molecule has 0 aliphatic carbocycles. The standard InChI is InChI=1S/C19H20N4O2/c1-22-10-8-20-18(22)17(24)14-6-4-9-23(12-14)19(25)16-11-13-5-2-3-7-15(13)21-16/h2-3,5,7-8,10-11,14,21H,4,6,9,12H2,1H3/t14-/m0/s1. The van der Waals surface area contributed by atoms with E-state index in [4.69, 9.17) is 0 Å². The van der Waals surface area contributed by atoms with Gasteiger partial charge in [0, 0.05) is 49.4 Å². The van der Waals surface area contributed by atoms with Crippen molar-refractivity contribution in [1.29, 1.82) is 0 Å². The number of aromatic nitrogens is 3. The first-order chi connectivity index (χ1) is 12.1. The fourth-order valence-corrected chi connectivity index (χ4v) is 3.52. The van der Waals surface area contributed by atoms with Gasteiger partial charge in [0.25, 0.3) is 5.91 Å². The van der Waals surface area contributed by atoms with E-state index in [9.17, 15) is 9.59 Å². The Balaban J connectivity index is 1.53. The van der Waals surface area contributed by atoms with Crippen LogP contribution in [0.25, 0.3) is 10.9 Å². The second-order valence-electron chi connectivity index (χ2n) is 6.59. The summed E-state index contributed by atoms with van der Waals surface area (Å²) in [5, 5.41) is 1.02. The van der Waals surface area contributed by atoms with E-state index in [0.29, 0.717) is 24.6 Å². The number of imidazole rings is 1. The molecule has 0 saturated carbocycles. The number of hydrogen-bond donors (Lipinski definition) is 1. The molecule has 2 aromatic heterocycles. The highest BCUT2D eigenvalue weighted by atomic mass is 16.2. The van der Waals surface area contributed by atoms with Crippen molar-refractivity contribution in [2.75, 3.05) is 13.1 Å². The number of Topliss-reactive ketones (excluding diaryl/α,β-unsaturated/α-hetero) is 1. The molecule has 0 bridgehead atoms. The summed E-state index contributed by atoms with van der Waals surface area (Å²) in [5.41, 5.74) is 1.52. The van der Waals surface area contributed by atoms with Crippen LogP contribution in [0.5, 0.6) is 0 Å². The van der Waals surface area contributed by atoms with E-state index in [1.807, 2.05) is 37.4 Å². The largest absolute Gasteiger partial charge is 0.351 e. The highest BCUT2D eigenvalue weighted by Crippen LogP contribution is 2.23. The van der Waals surface area contributed by atoms with Gasteiger partial charge in [-0.1, -0.05) is 18.2 Å². The van der Waals surface area contributed by atoms with Crippen LogP contribution in [0.4, 0.5) is 0 Å². The maximum atomic E-state index is 12.9. The number of ketones is 1. The number of nitrogens with one attached hydrogen (secondary N) is 1. The van der Waals surface area contributed by atoms with Gasteiger partial charge in [-0.15, -0.1) is 0 Å². The van der Waals surface area contributed by atoms with Gasteiger partial charge in [-0.25, -0.2) is 4.98 Å². The van der Waals surface area contributed by atoms with Gasteiger partial charge in [0.05, 0.1) is 0 Å². The van der Waals surface area contributed by atoms with Gasteiger partial charge in [0.2, 0.25) is 5.78 Å². The molecule has 25 heavy (non-hydrogen) atoms. The van der Waals surface area contributed by atoms with Crippen molar-refractivity contribution >= 4 is 22.6 Å². The summed E-state index contributed by atoms with van der Waals surface area (Å²) in [5.74, 6) is 0.239. The Morgan fingerprint density at radius 1 is 1.28 bits per heavy atom. The Morgan fingerprint density at radius 3 is 2.88 bits per heavy atom. The van der Waals surface area contributed by atoms with Gasteiger partial charge >= 0.3 is 0 Å². The predicted molar refractivity (Wildman–Crippen MR) is 94.5 cm³/mol. The molecular formula is C19H20N4O2. The molecule has 6 nitrogen and oxygen atoms in total. The summed E-state index contributed by atoms with van der Waals surface area (Å²) in [6, 6.07) is 9.70. The summed E-state index contributed by atoms with van der Waals surface area (Å²) < 4.78 is 1.74. The van der Waals surface area contributed by atoms with E-state index < -0.39 is 0 Å². The molecule has 3 aromatic rings. The highest BCUT2D eigenvalue weighted by molar-refractivity contribution is 5.99. The molecule has 0 unspecified atom stereocenters. The van der Waals surface area contributed by atoms with Gasteiger partial charge in [-0.3, -0.25) is 9.59 Å². The molecule has 1 amide bonds. The van der Waals surface area contributed by atoms with E-state index in [1.54, 1.807) is 21.9 Å². The Hall–Kier alpha value is -2.89. The fourth-order valence-electron chi connectivity index (χ4n) is 3.52. The van der Waals surface area contributed by atoms with Crippen molar-refractivity contribution < 1.29 is 9.59 Å². The van der Waals surface area contributed by atoms with Crippen molar-refractivity contribution in [1.82, 2.24) is 19.4 Å². The average Bonchev–Trinajstić information content (AvgIpc) is 3.26. The Labute approximate surface area is 145 Å². The van der Waals surface area contributed by atoms with E-state index in [-0.39, 0.29) is 17.6 Å². The third-order valence-corrected chi connectivity index (χ3v) is 4.88. The lowest BCUT2D eigenvalue weighted by atomic mass is 9.93. The van der Waals surface area contributed by atoms with Crippen LogP contribution in [0, 0.1) is 5.92 Å². The van der Waals surface area contributed by atoms with Gasteiger partial charge in [0.15, 0.2) is 5.82 Å². The molecule has 1 aliphatic heterocycles. The lowest BCUT2D eigenvalue weighted by Gasteiger charge is -2.31. The second kappa shape index (κ2) is 6.20. The first-order valence-electron chi connectivity index (χ1n) is 8.52. The lowest BCUT2D eigenvalue weighted by molar-refractivity contribution is 0.0629. The van der Waals surface area contributed by atoms with Crippen LogP contribution in [0.3, 0.4) is 0 Å². The topological polar surface area (TPSA) is 71.0 Å². The van der Waals surface area contributed by atoms with Gasteiger partial charge in [-0.2, -0.15) is 0 Å². The van der Waals surface area contributed by atoms with E-state index >= 15 is 0 Å². The van der Waals surface area contributed by atoms with E-state index in [0.717, 1.165) is 23.7 Å². The number of carbonyl (C=O) groups excluding carboxylic acids is 2. The molecule has 6 heteroatoms. The molecule has 1 fully saturated rings. The number of hydrogen-bond acceptors (Lipinski definition) is 3. The number of para-hydroxylation sites is 1. The third kappa shape index (κ3) is 2.84. The number of carbonyl (C=O) groups is 2. The monoisotopic (exact) mass is 336 g/mol. The van der Waals surface area contributed by atoms with Crippen LogP contribution in [0.1, 0.15) is 33.9 Å². The number of rotatable bonds is 3. The van der Waals surface area contributed by atoms with Crippen LogP contribution in [0.2, 0.25) is 0 Å². The van der Waals surface area contributed by atoms with Crippen molar-refractivity contribution in [3.05, 3.63) is 54.2 Å². The van der Waals surface area contributed by atoms with Crippen LogP contribution in [-0.2, 0) is 7.05 Å². The number of aromatic amines is 1. The lowest BCUT2D eigenvalue weighted by Crippen LogP contribution is -2.42. The highest BCUT2D eigenvalue weighted by Gasteiger charge is 2.31. The maximum Gasteiger partial charge on any atom is 0.270 e. The predicted octanol–water partition coefficient (Wildman–Crippen LogP) is 2.64. The molecule has 1 aliphatic rings. The van der Waals surface area contributed by atoms with Crippen LogP contribution in [-0.4, -0.2) is 44.2 Å². The molecule has 1 aromatic carbocycles. The second-order valence-corrected chi connectivity index (χ2v) is 6.59. The smallest absolute Gasteiger partial charge is 0.270 e. The molecule has 3 heterocycles. The van der Waals surface area contributed by atoms with Crippen molar-refractivity contribution in [2.24, 2.45) is 13.0 Å². The first-order valence-corrected chi connectivity index (χ1v) is 8.52. The first kappa shape index (κ1) is 15.6. The SMILES string of the molecule is Cn1ccnc1C(=O)[C@H]1CCCN(C(=O)c2cc3ccccc3[nH]2)C1. The number of amides is 1. The molecule has 1 atom stereocenters. The molecule has 0 radical (unpaired) electrons. The Bertz CT molecular complexity index is 907. The normalized spacial score (nSPS) is 17.8. The zero-order valence-electron chi connectivity index (χ0n) is 14.1. The third-order valence-electron chi connectivity index (χ3n) is 4.88. The minimum absolute atomic E-state index is 0.0154. The number of benzene rings is 1. The van der Waals surface area contributed by atoms with Crippen LogP contribution < -0.4 is 0 Å². The summed E-state index contributed by atoms with van der Waals surface area (Å²) >= 11 is 0. The summed E-state index contributed by atoms with van der Waals surface area (Å²) in [6.07, 6.45) is 5.02. The number of aryl methyl sites for hydroxylation is 1. The number of piperidine rings is 1. The Morgan fingerprint density at radius 2 is 2.12 bits per heavy atom. The number of fused-ring (bicyclic) bond motifs is 1. The fraction of sp³-hybridized carbons (Fsp3) is 0.316. The average molecular weight is 336 g/mol. The molecule has 128 valence electrons. The molecule has 1 saturated heterocycles. The molecule has 4 rings (SSSR count). The number of H-pyrrole nitrogens is 1. The van der Waals surface area contributed by atoms with Crippen molar-refractivity contribution in [2.45, 2.75) is 12.8 Å². The summed E-state index contributed by atoms with van der Waals surface area (Å²) in [6.45, 7) is 1.12. The van der Waals surface area contributed by atoms with Crippen molar-refractivity contribution in [3.8, 4) is 0 Å². The van der Waals surface area contributed by atoms with Crippen LogP contribution in [0.15, 0.2) is 42.7 Å². The van der Waals surface area contributed by atoms with Gasteiger partial charge in [-0.05, 0) is 25.0 Å². The van der Waals surface area contributed by atoms with Gasteiger partial charge in [0.1, 0.15) is 5.69 Å². The van der Waals surface area contributed by atoms with Crippen molar-refractivity contribution in [3.63, 3.8) is 0 Å². The number of nitrogens with zero attached hydrogens (tertiary/aromatic N) is 3. The van der Waals surface area contributed by atoms with Gasteiger partial charge < -0.3 is 14.5 Å². The molecule has 0 spiro atoms. The van der Waals surface area contributed by atoms with Crippen LogP contribution >= 0.6 is 0 Å². The zero-order chi connectivity index (χ0) is 17.4. The summed E-state index contributed by atoms with van der Waals surface area (Å²) in [4.78, 5) is 34.7. The van der Waals surface area contributed by atoms with E-state index in [1.165, 1.54) is 0 Å². The van der Waals surface area contributed by atoms with E-state index in [2.05, 4.69) is 9.97 Å². The zero-order valence-corrected chi connectivity index (χ0v) is 14.1. The minimum Gasteiger partial charge on any atom is -0.351 e. The molecule has 1 N–H and O–H groups in total. The number of likely N-dealkylation sites (tertiary alicyclic amines) is 1. The minimum atomic E-state index is -0.192. The maximum absolute atomic E-state index is 12.9. The Kier molecular flexibility index (Phi) is 3.87. The molecular weight excluding hydrogens is 316 g/mol.